The van der Waals surface area contributed by atoms with Crippen LogP contribution in [0.15, 0.2) is 36.5 Å². The zero-order chi connectivity index (χ0) is 23.1. The topological polar surface area (TPSA) is 69.7 Å². The van der Waals surface area contributed by atoms with E-state index in [1.54, 1.807) is 24.3 Å². The molecule has 2 amide bonds. The van der Waals surface area contributed by atoms with Crippen LogP contribution in [0.2, 0.25) is 5.02 Å². The maximum absolute atomic E-state index is 14.9. The highest BCUT2D eigenvalue weighted by atomic mass is 35.5. The molecule has 0 spiro atoms. The third-order valence-corrected chi connectivity index (χ3v) is 5.88. The molecule has 1 aliphatic rings. The lowest BCUT2D eigenvalue weighted by Crippen LogP contribution is -2.51. The average Bonchev–Trinajstić information content (AvgIpc) is 2.76. The lowest BCUT2D eigenvalue weighted by Gasteiger charge is -2.39. The normalized spacial score (nSPS) is 19.1. The van der Waals surface area contributed by atoms with E-state index in [9.17, 15) is 9.18 Å². The van der Waals surface area contributed by atoms with Crippen molar-refractivity contribution < 1.29 is 13.9 Å². The summed E-state index contributed by atoms with van der Waals surface area (Å²) in [6.45, 7) is 3.35. The average molecular weight is 464 g/mol. The second-order valence-electron chi connectivity index (χ2n) is 8.31. The second kappa shape index (κ2) is 11.4. The highest BCUT2D eigenvalue weighted by molar-refractivity contribution is 6.30. The van der Waals surface area contributed by atoms with Gasteiger partial charge in [-0.1, -0.05) is 11.6 Å². The van der Waals surface area contributed by atoms with Crippen molar-refractivity contribution in [3.63, 3.8) is 0 Å². The molecular formula is C23H31ClFN5O2. The first kappa shape index (κ1) is 24.2. The van der Waals surface area contributed by atoms with E-state index in [1.807, 2.05) is 0 Å². The first-order valence-corrected chi connectivity index (χ1v) is 11.1. The Hall–Kier alpha value is -2.42. The Bertz CT molecular complexity index is 896. The largest absolute Gasteiger partial charge is 0.495 e. The van der Waals surface area contributed by atoms with Gasteiger partial charge in [0.2, 0.25) is 0 Å². The van der Waals surface area contributed by atoms with Crippen LogP contribution >= 0.6 is 11.6 Å². The third-order valence-electron chi connectivity index (χ3n) is 5.63. The fourth-order valence-electron chi connectivity index (χ4n) is 3.97. The molecule has 2 aromatic rings. The molecule has 2 unspecified atom stereocenters. The standard InChI is InChI=1S/C23H31ClFN5O2/c1-29(2)10-4-11-30-12-9-21(28-23(31)27-17-7-5-16(24)6-8-17)19(15-30)22-20(25)13-18(32-3)14-26-22/h5-8,13-14,19,21H,4,9-12,15H2,1-3H3,(H2,27,28,31). The van der Waals surface area contributed by atoms with Crippen LogP contribution in [0.1, 0.15) is 24.5 Å². The van der Waals surface area contributed by atoms with Crippen LogP contribution in [-0.2, 0) is 0 Å². The summed E-state index contributed by atoms with van der Waals surface area (Å²) in [7, 11) is 5.58. The van der Waals surface area contributed by atoms with Gasteiger partial charge in [-0.15, -0.1) is 0 Å². The SMILES string of the molecule is COc1cnc(C2CN(CCCN(C)C)CCC2NC(=O)Nc2ccc(Cl)cc2)c(F)c1. The summed E-state index contributed by atoms with van der Waals surface area (Å²) in [5, 5.41) is 6.44. The van der Waals surface area contributed by atoms with Crippen LogP contribution in [0.3, 0.4) is 0 Å². The van der Waals surface area contributed by atoms with E-state index in [0.29, 0.717) is 35.1 Å². The van der Waals surface area contributed by atoms with E-state index >= 15 is 0 Å². The van der Waals surface area contributed by atoms with Crippen molar-refractivity contribution in [2.75, 3.05) is 52.7 Å². The zero-order valence-electron chi connectivity index (χ0n) is 18.8. The Morgan fingerprint density at radius 3 is 2.75 bits per heavy atom. The number of ether oxygens (including phenoxy) is 1. The fraction of sp³-hybridized carbons (Fsp3) is 0.478. The number of urea groups is 1. The number of hydrogen-bond acceptors (Lipinski definition) is 5. The van der Waals surface area contributed by atoms with E-state index in [-0.39, 0.29) is 18.0 Å². The van der Waals surface area contributed by atoms with Gasteiger partial charge in [-0.05, 0) is 64.3 Å². The van der Waals surface area contributed by atoms with Gasteiger partial charge in [0.15, 0.2) is 0 Å². The van der Waals surface area contributed by atoms with E-state index < -0.39 is 5.82 Å². The summed E-state index contributed by atoms with van der Waals surface area (Å²) < 4.78 is 20.0. The number of nitrogens with zero attached hydrogens (tertiary/aromatic N) is 3. The van der Waals surface area contributed by atoms with E-state index in [4.69, 9.17) is 16.3 Å². The first-order valence-electron chi connectivity index (χ1n) is 10.8. The van der Waals surface area contributed by atoms with E-state index in [2.05, 4.69) is 39.5 Å². The molecule has 1 saturated heterocycles. The maximum Gasteiger partial charge on any atom is 0.319 e. The monoisotopic (exact) mass is 463 g/mol. The molecule has 2 heterocycles. The number of carbonyl (C=O) groups excluding carboxylic acids is 1. The number of rotatable bonds is 8. The van der Waals surface area contributed by atoms with Crippen molar-refractivity contribution in [2.45, 2.75) is 24.8 Å². The summed E-state index contributed by atoms with van der Waals surface area (Å²) in [5.41, 5.74) is 0.984. The van der Waals surface area contributed by atoms with Gasteiger partial charge < -0.3 is 25.2 Å². The smallest absolute Gasteiger partial charge is 0.319 e. The first-order chi connectivity index (χ1) is 15.4. The molecular weight excluding hydrogens is 433 g/mol. The van der Waals surface area contributed by atoms with Crippen LogP contribution < -0.4 is 15.4 Å². The molecule has 1 aromatic heterocycles. The van der Waals surface area contributed by atoms with E-state index in [1.165, 1.54) is 19.4 Å². The van der Waals surface area contributed by atoms with Crippen molar-refractivity contribution >= 4 is 23.3 Å². The highest BCUT2D eigenvalue weighted by Gasteiger charge is 2.34. The summed E-state index contributed by atoms with van der Waals surface area (Å²) in [6, 6.07) is 7.65. The molecule has 1 fully saturated rings. The van der Waals surface area contributed by atoms with Crippen molar-refractivity contribution in [1.82, 2.24) is 20.1 Å². The number of aromatic nitrogens is 1. The van der Waals surface area contributed by atoms with Gasteiger partial charge in [0.25, 0.3) is 0 Å². The molecule has 0 saturated carbocycles. The maximum atomic E-state index is 14.9. The van der Waals surface area contributed by atoms with Crippen LogP contribution in [0, 0.1) is 5.82 Å². The highest BCUT2D eigenvalue weighted by Crippen LogP contribution is 2.29. The number of anilines is 1. The number of benzene rings is 1. The molecule has 7 nitrogen and oxygen atoms in total. The molecule has 32 heavy (non-hydrogen) atoms. The number of carbonyl (C=O) groups is 1. The van der Waals surface area contributed by atoms with Crippen LogP contribution in [0.5, 0.6) is 5.75 Å². The third kappa shape index (κ3) is 6.79. The van der Waals surface area contributed by atoms with Crippen LogP contribution in [0.25, 0.3) is 0 Å². The van der Waals surface area contributed by atoms with Crippen molar-refractivity contribution in [1.29, 1.82) is 0 Å². The number of amides is 2. The number of methoxy groups -OCH3 is 1. The number of piperidine rings is 1. The Morgan fingerprint density at radius 2 is 2.09 bits per heavy atom. The lowest BCUT2D eigenvalue weighted by atomic mass is 9.88. The molecule has 1 aliphatic heterocycles. The minimum Gasteiger partial charge on any atom is -0.495 e. The van der Waals surface area contributed by atoms with Gasteiger partial charge in [-0.2, -0.15) is 0 Å². The summed E-state index contributed by atoms with van der Waals surface area (Å²) in [5.74, 6) is -0.325. The number of pyridine rings is 1. The summed E-state index contributed by atoms with van der Waals surface area (Å²) in [6.07, 6.45) is 3.25. The summed E-state index contributed by atoms with van der Waals surface area (Å²) >= 11 is 5.91. The van der Waals surface area contributed by atoms with Gasteiger partial charge in [0, 0.05) is 41.8 Å². The molecule has 2 atom stereocenters. The van der Waals surface area contributed by atoms with Gasteiger partial charge in [0.05, 0.1) is 19.0 Å². The summed E-state index contributed by atoms with van der Waals surface area (Å²) in [4.78, 5) is 21.5. The van der Waals surface area contributed by atoms with Crippen LogP contribution in [0.4, 0.5) is 14.9 Å². The molecule has 2 N–H and O–H groups in total. The van der Waals surface area contributed by atoms with Gasteiger partial charge in [-0.3, -0.25) is 4.98 Å². The van der Waals surface area contributed by atoms with Crippen molar-refractivity contribution in [3.05, 3.63) is 53.1 Å². The number of hydrogen-bond donors (Lipinski definition) is 2. The zero-order valence-corrected chi connectivity index (χ0v) is 19.5. The van der Waals surface area contributed by atoms with Gasteiger partial charge in [-0.25, -0.2) is 9.18 Å². The fourth-order valence-corrected chi connectivity index (χ4v) is 4.09. The minimum atomic E-state index is -0.422. The predicted molar refractivity (Wildman–Crippen MR) is 125 cm³/mol. The molecule has 9 heteroatoms. The Labute approximate surface area is 193 Å². The molecule has 3 rings (SSSR count). The molecule has 1 aromatic carbocycles. The van der Waals surface area contributed by atoms with Crippen molar-refractivity contribution in [2.24, 2.45) is 0 Å². The van der Waals surface area contributed by atoms with E-state index in [0.717, 1.165) is 26.1 Å². The number of nitrogens with one attached hydrogen (secondary N) is 2. The Balaban J connectivity index is 1.72. The van der Waals surface area contributed by atoms with Crippen LogP contribution in [-0.4, -0.2) is 74.2 Å². The number of halogens is 2. The molecule has 174 valence electrons. The van der Waals surface area contributed by atoms with Gasteiger partial charge in [0.1, 0.15) is 11.6 Å². The molecule has 0 aliphatic carbocycles. The Morgan fingerprint density at radius 1 is 1.34 bits per heavy atom. The second-order valence-corrected chi connectivity index (χ2v) is 8.74. The lowest BCUT2D eigenvalue weighted by molar-refractivity contribution is 0.165. The van der Waals surface area contributed by atoms with Crippen molar-refractivity contribution in [3.8, 4) is 5.75 Å². The minimum absolute atomic E-state index is 0.247. The molecule has 0 bridgehead atoms. The quantitative estimate of drug-likeness (QED) is 0.623. The molecule has 0 radical (unpaired) electrons. The number of likely N-dealkylation sites (tertiary alicyclic amines) is 1. The Kier molecular flexibility index (Phi) is 8.67. The van der Waals surface area contributed by atoms with Gasteiger partial charge >= 0.3 is 6.03 Å². The predicted octanol–water partition coefficient (Wildman–Crippen LogP) is 3.81.